The molecule has 0 spiro atoms. The fraction of sp³-hybridized carbons (Fsp3) is 0.538. The number of hydrogen-bond acceptors (Lipinski definition) is 2. The normalized spacial score (nSPS) is 22.3. The molecule has 16 heavy (non-hydrogen) atoms. The molecule has 1 saturated heterocycles. The average Bonchev–Trinajstić information content (AvgIpc) is 2.76. The van der Waals surface area contributed by atoms with Crippen LogP contribution in [0.25, 0.3) is 0 Å². The van der Waals surface area contributed by atoms with Crippen molar-refractivity contribution in [2.24, 2.45) is 5.73 Å². The number of rotatable bonds is 3. The van der Waals surface area contributed by atoms with Gasteiger partial charge < -0.3 is 10.5 Å². The van der Waals surface area contributed by atoms with Gasteiger partial charge >= 0.3 is 0 Å². The Morgan fingerprint density at radius 2 is 2.38 bits per heavy atom. The molecule has 1 aromatic rings. The Morgan fingerprint density at radius 3 is 3.06 bits per heavy atom. The van der Waals surface area contributed by atoms with Crippen molar-refractivity contribution in [3.63, 3.8) is 0 Å². The van der Waals surface area contributed by atoms with E-state index in [-0.39, 0.29) is 18.0 Å². The second-order valence-electron chi connectivity index (χ2n) is 4.49. The molecule has 0 aromatic heterocycles. The number of hydrogen-bond donors (Lipinski definition) is 1. The molecule has 1 aromatic carbocycles. The molecule has 2 N–H and O–H groups in total. The lowest BCUT2D eigenvalue weighted by atomic mass is 9.97. The van der Waals surface area contributed by atoms with E-state index in [2.05, 4.69) is 0 Å². The van der Waals surface area contributed by atoms with Gasteiger partial charge in [0.15, 0.2) is 0 Å². The molecule has 1 aliphatic rings. The molecule has 0 bridgehead atoms. The molecule has 0 radical (unpaired) electrons. The molecule has 0 amide bonds. The molecule has 1 fully saturated rings. The van der Waals surface area contributed by atoms with Crippen LogP contribution in [0.1, 0.15) is 24.0 Å². The highest BCUT2D eigenvalue weighted by molar-refractivity contribution is 5.27. The summed E-state index contributed by atoms with van der Waals surface area (Å²) < 4.78 is 18.6. The van der Waals surface area contributed by atoms with Crippen LogP contribution in [0.5, 0.6) is 0 Å². The molecular formula is C13H18FNO. The Kier molecular flexibility index (Phi) is 3.56. The van der Waals surface area contributed by atoms with Gasteiger partial charge in [-0.05, 0) is 49.4 Å². The van der Waals surface area contributed by atoms with Gasteiger partial charge in [0, 0.05) is 12.6 Å². The Labute approximate surface area is 95.6 Å². The zero-order valence-corrected chi connectivity index (χ0v) is 9.58. The number of nitrogens with two attached hydrogens (primary N) is 1. The maximum absolute atomic E-state index is 13.1. The smallest absolute Gasteiger partial charge is 0.123 e. The standard InChI is InChI=1S/C13H18FNO/c1-9-4-5-11(14)7-10(9)8-12(15)13-3-2-6-16-13/h4-5,7,12-13H,2-3,6,8,15H2,1H3. The monoisotopic (exact) mass is 223 g/mol. The van der Waals surface area contributed by atoms with E-state index in [9.17, 15) is 4.39 Å². The summed E-state index contributed by atoms with van der Waals surface area (Å²) >= 11 is 0. The molecule has 0 saturated carbocycles. The van der Waals surface area contributed by atoms with E-state index in [1.54, 1.807) is 12.1 Å². The van der Waals surface area contributed by atoms with Crippen molar-refractivity contribution in [1.29, 1.82) is 0 Å². The van der Waals surface area contributed by atoms with Gasteiger partial charge in [-0.15, -0.1) is 0 Å². The quantitative estimate of drug-likeness (QED) is 0.852. The third-order valence-electron chi connectivity index (χ3n) is 3.21. The third-order valence-corrected chi connectivity index (χ3v) is 3.21. The van der Waals surface area contributed by atoms with E-state index in [0.29, 0.717) is 6.42 Å². The summed E-state index contributed by atoms with van der Waals surface area (Å²) in [5.74, 6) is -0.194. The first-order valence-corrected chi connectivity index (χ1v) is 5.79. The molecule has 0 aliphatic carbocycles. The Balaban J connectivity index is 2.04. The number of aryl methyl sites for hydroxylation is 1. The lowest BCUT2D eigenvalue weighted by Crippen LogP contribution is -2.36. The molecule has 88 valence electrons. The highest BCUT2D eigenvalue weighted by Crippen LogP contribution is 2.19. The number of ether oxygens (including phenoxy) is 1. The van der Waals surface area contributed by atoms with E-state index < -0.39 is 0 Å². The lowest BCUT2D eigenvalue weighted by molar-refractivity contribution is 0.0899. The van der Waals surface area contributed by atoms with Crippen LogP contribution in [0.2, 0.25) is 0 Å². The van der Waals surface area contributed by atoms with Crippen molar-refractivity contribution < 1.29 is 9.13 Å². The molecule has 2 rings (SSSR count). The predicted octanol–water partition coefficient (Wildman–Crippen LogP) is 2.18. The first kappa shape index (κ1) is 11.6. The summed E-state index contributed by atoms with van der Waals surface area (Å²) in [6.07, 6.45) is 2.94. The van der Waals surface area contributed by atoms with Crippen molar-refractivity contribution in [2.45, 2.75) is 38.3 Å². The lowest BCUT2D eigenvalue weighted by Gasteiger charge is -2.19. The van der Waals surface area contributed by atoms with Gasteiger partial charge in [-0.25, -0.2) is 4.39 Å². The van der Waals surface area contributed by atoms with E-state index in [1.807, 2.05) is 6.92 Å². The third kappa shape index (κ3) is 2.60. The molecule has 2 unspecified atom stereocenters. The van der Waals surface area contributed by atoms with Crippen molar-refractivity contribution in [1.82, 2.24) is 0 Å². The van der Waals surface area contributed by atoms with Gasteiger partial charge in [-0.1, -0.05) is 6.07 Å². The predicted molar refractivity (Wildman–Crippen MR) is 61.8 cm³/mol. The molecular weight excluding hydrogens is 205 g/mol. The van der Waals surface area contributed by atoms with Crippen molar-refractivity contribution in [2.75, 3.05) is 6.61 Å². The molecule has 1 aliphatic heterocycles. The fourth-order valence-electron chi connectivity index (χ4n) is 2.19. The van der Waals surface area contributed by atoms with Gasteiger partial charge in [-0.2, -0.15) is 0 Å². The number of halogens is 1. The Bertz CT molecular complexity index is 361. The van der Waals surface area contributed by atoms with E-state index >= 15 is 0 Å². The van der Waals surface area contributed by atoms with Gasteiger partial charge in [0.25, 0.3) is 0 Å². The topological polar surface area (TPSA) is 35.2 Å². The van der Waals surface area contributed by atoms with Crippen LogP contribution in [-0.4, -0.2) is 18.8 Å². The Morgan fingerprint density at radius 1 is 1.56 bits per heavy atom. The van der Waals surface area contributed by atoms with Crippen molar-refractivity contribution in [3.05, 3.63) is 35.1 Å². The molecule has 1 heterocycles. The van der Waals surface area contributed by atoms with Crippen LogP contribution >= 0.6 is 0 Å². The summed E-state index contributed by atoms with van der Waals surface area (Å²) in [6.45, 7) is 2.79. The zero-order chi connectivity index (χ0) is 11.5. The van der Waals surface area contributed by atoms with Gasteiger partial charge in [0.2, 0.25) is 0 Å². The second kappa shape index (κ2) is 4.93. The highest BCUT2D eigenvalue weighted by Gasteiger charge is 2.23. The maximum atomic E-state index is 13.1. The SMILES string of the molecule is Cc1ccc(F)cc1CC(N)C1CCCO1. The van der Waals surface area contributed by atoms with Crippen LogP contribution in [-0.2, 0) is 11.2 Å². The van der Waals surface area contributed by atoms with Crippen LogP contribution in [0, 0.1) is 12.7 Å². The minimum Gasteiger partial charge on any atom is -0.377 e. The maximum Gasteiger partial charge on any atom is 0.123 e. The van der Waals surface area contributed by atoms with Crippen LogP contribution < -0.4 is 5.73 Å². The molecule has 3 heteroatoms. The van der Waals surface area contributed by atoms with Gasteiger partial charge in [-0.3, -0.25) is 0 Å². The summed E-state index contributed by atoms with van der Waals surface area (Å²) in [5.41, 5.74) is 8.16. The van der Waals surface area contributed by atoms with E-state index in [1.165, 1.54) is 6.07 Å². The minimum atomic E-state index is -0.194. The number of benzene rings is 1. The van der Waals surface area contributed by atoms with E-state index in [4.69, 9.17) is 10.5 Å². The molecule has 2 atom stereocenters. The fourth-order valence-corrected chi connectivity index (χ4v) is 2.19. The first-order chi connectivity index (χ1) is 7.66. The minimum absolute atomic E-state index is 0.0250. The summed E-state index contributed by atoms with van der Waals surface area (Å²) in [4.78, 5) is 0. The zero-order valence-electron chi connectivity index (χ0n) is 9.58. The second-order valence-corrected chi connectivity index (χ2v) is 4.49. The van der Waals surface area contributed by atoms with Gasteiger partial charge in [0.1, 0.15) is 5.82 Å². The Hall–Kier alpha value is -0.930. The van der Waals surface area contributed by atoms with Crippen molar-refractivity contribution >= 4 is 0 Å². The van der Waals surface area contributed by atoms with Crippen LogP contribution in [0.15, 0.2) is 18.2 Å². The molecule has 2 nitrogen and oxygen atoms in total. The summed E-state index contributed by atoms with van der Waals surface area (Å²) in [5, 5.41) is 0. The van der Waals surface area contributed by atoms with Crippen LogP contribution in [0.4, 0.5) is 4.39 Å². The van der Waals surface area contributed by atoms with Crippen molar-refractivity contribution in [3.8, 4) is 0 Å². The summed E-state index contributed by atoms with van der Waals surface area (Å²) in [7, 11) is 0. The average molecular weight is 223 g/mol. The van der Waals surface area contributed by atoms with Crippen LogP contribution in [0.3, 0.4) is 0 Å². The first-order valence-electron chi connectivity index (χ1n) is 5.79. The highest BCUT2D eigenvalue weighted by atomic mass is 19.1. The summed E-state index contributed by atoms with van der Waals surface area (Å²) in [6, 6.07) is 4.83. The van der Waals surface area contributed by atoms with Gasteiger partial charge in [0.05, 0.1) is 6.10 Å². The van der Waals surface area contributed by atoms with E-state index in [0.717, 1.165) is 30.6 Å². The largest absolute Gasteiger partial charge is 0.377 e.